The summed E-state index contributed by atoms with van der Waals surface area (Å²) in [6, 6.07) is 35.3. The smallest absolute Gasteiger partial charge is 0.0582 e. The molecule has 4 heteroatoms. The van der Waals surface area contributed by atoms with Crippen LogP contribution >= 0.6 is 0 Å². The number of nitrogens with zero attached hydrogens (tertiary/aromatic N) is 2. The standard InChI is InChI=1S/C32H38N4/c1-25(36(23-26-10-4-2-5-11-26)24-27-12-6-3-7-13-27)22-35-18-16-30(17-19-35)34-32-21-29-15-9-8-14-28(29)20-31(32)33/h2-15,20-21,25,30,34H,16-19,22-24,33H2,1H3/t25-/m0/s1. The van der Waals surface area contributed by atoms with E-state index in [0.717, 1.165) is 56.9 Å². The Labute approximate surface area is 215 Å². The van der Waals surface area contributed by atoms with Crippen LogP contribution in [0.2, 0.25) is 0 Å². The number of nitrogens with one attached hydrogen (secondary N) is 1. The molecule has 0 amide bonds. The largest absolute Gasteiger partial charge is 0.397 e. The van der Waals surface area contributed by atoms with Gasteiger partial charge in [-0.25, -0.2) is 0 Å². The van der Waals surface area contributed by atoms with Gasteiger partial charge in [0.25, 0.3) is 0 Å². The third-order valence-electron chi connectivity index (χ3n) is 7.47. The molecule has 5 rings (SSSR count). The van der Waals surface area contributed by atoms with Crippen LogP contribution in [-0.4, -0.2) is 41.5 Å². The Balaban J connectivity index is 1.18. The van der Waals surface area contributed by atoms with Crippen molar-refractivity contribution >= 4 is 22.1 Å². The van der Waals surface area contributed by atoms with Crippen molar-refractivity contribution in [2.75, 3.05) is 30.7 Å². The van der Waals surface area contributed by atoms with Gasteiger partial charge in [-0.1, -0.05) is 84.9 Å². The van der Waals surface area contributed by atoms with E-state index >= 15 is 0 Å². The molecule has 1 heterocycles. The molecule has 36 heavy (non-hydrogen) atoms. The zero-order chi connectivity index (χ0) is 24.7. The molecule has 1 atom stereocenters. The fraction of sp³-hybridized carbons (Fsp3) is 0.312. The molecular formula is C32H38N4. The van der Waals surface area contributed by atoms with Crippen molar-refractivity contribution < 1.29 is 0 Å². The maximum atomic E-state index is 6.38. The van der Waals surface area contributed by atoms with Gasteiger partial charge >= 0.3 is 0 Å². The molecule has 1 fully saturated rings. The van der Waals surface area contributed by atoms with Crippen molar-refractivity contribution in [3.05, 3.63) is 108 Å². The second-order valence-electron chi connectivity index (χ2n) is 10.2. The van der Waals surface area contributed by atoms with Crippen molar-refractivity contribution in [3.8, 4) is 0 Å². The van der Waals surface area contributed by atoms with E-state index in [1.165, 1.54) is 21.9 Å². The highest BCUT2D eigenvalue weighted by atomic mass is 15.2. The summed E-state index contributed by atoms with van der Waals surface area (Å²) < 4.78 is 0. The van der Waals surface area contributed by atoms with Crippen LogP contribution in [0.15, 0.2) is 97.1 Å². The minimum absolute atomic E-state index is 0.463. The third-order valence-corrected chi connectivity index (χ3v) is 7.47. The monoisotopic (exact) mass is 478 g/mol. The first kappa shape index (κ1) is 24.4. The molecule has 0 spiro atoms. The van der Waals surface area contributed by atoms with Gasteiger partial charge in [0, 0.05) is 44.8 Å². The van der Waals surface area contributed by atoms with Gasteiger partial charge in [0.15, 0.2) is 0 Å². The molecule has 0 aliphatic carbocycles. The van der Waals surface area contributed by atoms with Crippen LogP contribution in [0.25, 0.3) is 10.8 Å². The van der Waals surface area contributed by atoms with Gasteiger partial charge in [0.2, 0.25) is 0 Å². The van der Waals surface area contributed by atoms with Crippen LogP contribution in [0.3, 0.4) is 0 Å². The van der Waals surface area contributed by atoms with E-state index in [0.29, 0.717) is 12.1 Å². The molecule has 0 aromatic heterocycles. The molecule has 4 nitrogen and oxygen atoms in total. The Morgan fingerprint density at radius 1 is 0.806 bits per heavy atom. The number of hydrogen-bond acceptors (Lipinski definition) is 4. The predicted molar refractivity (Wildman–Crippen MR) is 153 cm³/mol. The molecule has 0 saturated carbocycles. The van der Waals surface area contributed by atoms with Crippen LogP contribution in [-0.2, 0) is 13.1 Å². The molecule has 0 bridgehead atoms. The summed E-state index contributed by atoms with van der Waals surface area (Å²) in [6.07, 6.45) is 2.27. The minimum atomic E-state index is 0.463. The molecule has 1 aliphatic heterocycles. The van der Waals surface area contributed by atoms with E-state index in [1.807, 2.05) is 0 Å². The lowest BCUT2D eigenvalue weighted by Crippen LogP contribution is -2.46. The number of nitrogen functional groups attached to an aromatic ring is 1. The lowest BCUT2D eigenvalue weighted by molar-refractivity contribution is 0.120. The predicted octanol–water partition coefficient (Wildman–Crippen LogP) is 6.39. The van der Waals surface area contributed by atoms with Crippen LogP contribution in [0.4, 0.5) is 11.4 Å². The van der Waals surface area contributed by atoms with Gasteiger partial charge in [-0.05, 0) is 53.8 Å². The number of benzene rings is 4. The van der Waals surface area contributed by atoms with Gasteiger partial charge in [0.1, 0.15) is 0 Å². The lowest BCUT2D eigenvalue weighted by Gasteiger charge is -2.37. The summed E-state index contributed by atoms with van der Waals surface area (Å²) in [4.78, 5) is 5.25. The molecule has 1 saturated heterocycles. The zero-order valence-corrected chi connectivity index (χ0v) is 21.3. The molecule has 186 valence electrons. The third kappa shape index (κ3) is 6.26. The Morgan fingerprint density at radius 2 is 1.33 bits per heavy atom. The molecule has 0 radical (unpaired) electrons. The van der Waals surface area contributed by atoms with E-state index < -0.39 is 0 Å². The van der Waals surface area contributed by atoms with Gasteiger partial charge in [-0.2, -0.15) is 0 Å². The highest BCUT2D eigenvalue weighted by Gasteiger charge is 2.23. The highest BCUT2D eigenvalue weighted by Crippen LogP contribution is 2.28. The number of nitrogens with two attached hydrogens (primary N) is 1. The van der Waals surface area contributed by atoms with Crippen molar-refractivity contribution in [2.45, 2.75) is 44.9 Å². The average Bonchev–Trinajstić information content (AvgIpc) is 2.91. The number of rotatable bonds is 9. The van der Waals surface area contributed by atoms with Crippen molar-refractivity contribution in [1.82, 2.24) is 9.80 Å². The van der Waals surface area contributed by atoms with Crippen molar-refractivity contribution in [2.24, 2.45) is 0 Å². The SMILES string of the molecule is C[C@@H](CN1CCC(Nc2cc3ccccc3cc2N)CC1)N(Cc1ccccc1)Cc1ccccc1. The van der Waals surface area contributed by atoms with E-state index in [2.05, 4.69) is 119 Å². The lowest BCUT2D eigenvalue weighted by atomic mass is 10.0. The molecule has 4 aromatic carbocycles. The summed E-state index contributed by atoms with van der Waals surface area (Å²) in [6.45, 7) is 7.63. The van der Waals surface area contributed by atoms with Crippen LogP contribution in [0.1, 0.15) is 30.9 Å². The molecule has 0 unspecified atom stereocenters. The topological polar surface area (TPSA) is 44.5 Å². The number of anilines is 2. The number of likely N-dealkylation sites (tertiary alicyclic amines) is 1. The fourth-order valence-corrected chi connectivity index (χ4v) is 5.36. The first-order chi connectivity index (χ1) is 17.6. The van der Waals surface area contributed by atoms with Gasteiger partial charge < -0.3 is 16.0 Å². The van der Waals surface area contributed by atoms with Gasteiger partial charge in [-0.15, -0.1) is 0 Å². The second kappa shape index (κ2) is 11.6. The maximum Gasteiger partial charge on any atom is 0.0582 e. The Morgan fingerprint density at radius 3 is 1.92 bits per heavy atom. The Kier molecular flexibility index (Phi) is 7.85. The summed E-state index contributed by atoms with van der Waals surface area (Å²) in [5.74, 6) is 0. The van der Waals surface area contributed by atoms with Gasteiger partial charge in [0.05, 0.1) is 11.4 Å². The van der Waals surface area contributed by atoms with Crippen LogP contribution in [0, 0.1) is 0 Å². The normalized spacial score (nSPS) is 15.8. The first-order valence-electron chi connectivity index (χ1n) is 13.2. The van der Waals surface area contributed by atoms with Crippen molar-refractivity contribution in [1.29, 1.82) is 0 Å². The second-order valence-corrected chi connectivity index (χ2v) is 10.2. The average molecular weight is 479 g/mol. The first-order valence-corrected chi connectivity index (χ1v) is 13.2. The Hall–Kier alpha value is -3.34. The molecule has 4 aromatic rings. The quantitative estimate of drug-likeness (QED) is 0.274. The number of piperidine rings is 1. The summed E-state index contributed by atoms with van der Waals surface area (Å²) in [7, 11) is 0. The van der Waals surface area contributed by atoms with E-state index in [1.54, 1.807) is 0 Å². The van der Waals surface area contributed by atoms with Gasteiger partial charge in [-0.3, -0.25) is 4.90 Å². The van der Waals surface area contributed by atoms with E-state index in [-0.39, 0.29) is 0 Å². The van der Waals surface area contributed by atoms with Crippen molar-refractivity contribution in [3.63, 3.8) is 0 Å². The fourth-order valence-electron chi connectivity index (χ4n) is 5.36. The summed E-state index contributed by atoms with van der Waals surface area (Å²) in [5.41, 5.74) is 11.0. The van der Waals surface area contributed by atoms with Crippen LogP contribution < -0.4 is 11.1 Å². The Bertz CT molecular complexity index is 1190. The van der Waals surface area contributed by atoms with Crippen LogP contribution in [0.5, 0.6) is 0 Å². The minimum Gasteiger partial charge on any atom is -0.397 e. The molecular weight excluding hydrogens is 440 g/mol. The zero-order valence-electron chi connectivity index (χ0n) is 21.3. The highest BCUT2D eigenvalue weighted by molar-refractivity contribution is 5.91. The molecule has 1 aliphatic rings. The van der Waals surface area contributed by atoms with E-state index in [9.17, 15) is 0 Å². The molecule has 3 N–H and O–H groups in total. The number of hydrogen-bond donors (Lipinski definition) is 2. The summed E-state index contributed by atoms with van der Waals surface area (Å²) in [5, 5.41) is 6.17. The van der Waals surface area contributed by atoms with E-state index in [4.69, 9.17) is 5.73 Å². The summed E-state index contributed by atoms with van der Waals surface area (Å²) >= 11 is 0. The number of fused-ring (bicyclic) bond motifs is 1. The maximum absolute atomic E-state index is 6.38.